The van der Waals surface area contributed by atoms with Crippen LogP contribution in [0.4, 0.5) is 11.4 Å². The summed E-state index contributed by atoms with van der Waals surface area (Å²) in [5, 5.41) is 3.15. The highest BCUT2D eigenvalue weighted by atomic mass is 16.5. The normalized spacial score (nSPS) is 15.0. The van der Waals surface area contributed by atoms with E-state index in [-0.39, 0.29) is 5.91 Å². The van der Waals surface area contributed by atoms with Crippen LogP contribution in [0.1, 0.15) is 30.9 Å². The molecule has 1 aliphatic heterocycles. The van der Waals surface area contributed by atoms with Gasteiger partial charge < -0.3 is 15.0 Å². The van der Waals surface area contributed by atoms with Crippen LogP contribution in [0.2, 0.25) is 0 Å². The lowest BCUT2D eigenvalue weighted by Crippen LogP contribution is -2.48. The van der Waals surface area contributed by atoms with Gasteiger partial charge in [0, 0.05) is 43.6 Å². The van der Waals surface area contributed by atoms with E-state index >= 15 is 0 Å². The molecule has 0 spiro atoms. The van der Waals surface area contributed by atoms with E-state index in [0.29, 0.717) is 12.5 Å². The van der Waals surface area contributed by atoms with Gasteiger partial charge in [-0.1, -0.05) is 38.1 Å². The number of carbonyl (C=O) groups is 1. The van der Waals surface area contributed by atoms with Crippen molar-refractivity contribution in [2.45, 2.75) is 26.7 Å². The van der Waals surface area contributed by atoms with Crippen LogP contribution in [0.3, 0.4) is 0 Å². The van der Waals surface area contributed by atoms with E-state index in [9.17, 15) is 4.79 Å². The van der Waals surface area contributed by atoms with Gasteiger partial charge in [-0.05, 0) is 36.1 Å². The second-order valence-electron chi connectivity index (χ2n) is 7.71. The van der Waals surface area contributed by atoms with Crippen molar-refractivity contribution >= 4 is 17.3 Å². The van der Waals surface area contributed by atoms with Crippen LogP contribution in [-0.4, -0.2) is 50.6 Å². The maximum Gasteiger partial charge on any atom is 0.238 e. The molecule has 0 radical (unpaired) electrons. The summed E-state index contributed by atoms with van der Waals surface area (Å²) in [6.45, 7) is 10.3. The van der Waals surface area contributed by atoms with Crippen LogP contribution in [0.15, 0.2) is 42.5 Å². The summed E-state index contributed by atoms with van der Waals surface area (Å²) in [5.74, 6) is 1.31. The van der Waals surface area contributed by atoms with E-state index in [1.807, 2.05) is 25.1 Å². The minimum Gasteiger partial charge on any atom is -0.497 e. The molecular weight excluding hydrogens is 350 g/mol. The number of methoxy groups -OCH3 is 1. The second kappa shape index (κ2) is 9.11. The highest BCUT2D eigenvalue weighted by Crippen LogP contribution is 2.27. The number of aryl methyl sites for hydroxylation is 1. The van der Waals surface area contributed by atoms with Crippen molar-refractivity contribution in [1.29, 1.82) is 0 Å². The number of nitrogens with zero attached hydrogens (tertiary/aromatic N) is 2. The summed E-state index contributed by atoms with van der Waals surface area (Å²) in [6, 6.07) is 14.3. The molecule has 2 aromatic rings. The molecule has 0 saturated carbocycles. The largest absolute Gasteiger partial charge is 0.497 e. The zero-order chi connectivity index (χ0) is 20.1. The van der Waals surface area contributed by atoms with Gasteiger partial charge in [-0.2, -0.15) is 0 Å². The molecule has 0 aliphatic carbocycles. The number of hydrogen-bond donors (Lipinski definition) is 1. The monoisotopic (exact) mass is 381 g/mol. The van der Waals surface area contributed by atoms with Gasteiger partial charge in [-0.15, -0.1) is 0 Å². The van der Waals surface area contributed by atoms with Crippen LogP contribution in [0.5, 0.6) is 5.75 Å². The Hall–Kier alpha value is -2.53. The first-order valence-corrected chi connectivity index (χ1v) is 9.98. The van der Waals surface area contributed by atoms with Gasteiger partial charge in [0.2, 0.25) is 5.91 Å². The van der Waals surface area contributed by atoms with Crippen LogP contribution in [0, 0.1) is 6.92 Å². The number of piperazine rings is 1. The SMILES string of the molecule is COc1cccc(N2CCN(CC(=O)Nc3c(C)cccc3C(C)C)CC2)c1. The molecule has 150 valence electrons. The van der Waals surface area contributed by atoms with E-state index in [2.05, 4.69) is 53.2 Å². The molecule has 5 nitrogen and oxygen atoms in total. The van der Waals surface area contributed by atoms with Crippen LogP contribution < -0.4 is 15.0 Å². The molecule has 1 N–H and O–H groups in total. The first-order valence-electron chi connectivity index (χ1n) is 9.98. The number of benzene rings is 2. The number of para-hydroxylation sites is 1. The van der Waals surface area contributed by atoms with Crippen LogP contribution in [0.25, 0.3) is 0 Å². The first kappa shape index (κ1) is 20.2. The summed E-state index contributed by atoms with van der Waals surface area (Å²) in [4.78, 5) is 17.2. The van der Waals surface area contributed by atoms with Crippen molar-refractivity contribution in [1.82, 2.24) is 4.90 Å². The Bertz CT molecular complexity index is 811. The first-order chi connectivity index (χ1) is 13.5. The van der Waals surface area contributed by atoms with Gasteiger partial charge in [-0.3, -0.25) is 9.69 Å². The average Bonchev–Trinajstić information content (AvgIpc) is 2.70. The topological polar surface area (TPSA) is 44.8 Å². The zero-order valence-electron chi connectivity index (χ0n) is 17.4. The predicted octanol–water partition coefficient (Wildman–Crippen LogP) is 3.89. The predicted molar refractivity (Wildman–Crippen MR) is 116 cm³/mol. The second-order valence-corrected chi connectivity index (χ2v) is 7.71. The molecule has 0 atom stereocenters. The fourth-order valence-electron chi connectivity index (χ4n) is 3.70. The summed E-state index contributed by atoms with van der Waals surface area (Å²) in [5.41, 5.74) is 4.45. The van der Waals surface area contributed by atoms with Crippen LogP contribution in [-0.2, 0) is 4.79 Å². The lowest BCUT2D eigenvalue weighted by molar-refractivity contribution is -0.117. The molecule has 1 heterocycles. The maximum absolute atomic E-state index is 12.7. The summed E-state index contributed by atoms with van der Waals surface area (Å²) < 4.78 is 5.32. The number of amides is 1. The molecule has 3 rings (SSSR count). The number of nitrogens with one attached hydrogen (secondary N) is 1. The lowest BCUT2D eigenvalue weighted by atomic mass is 9.98. The third-order valence-corrected chi connectivity index (χ3v) is 5.35. The Kier molecular flexibility index (Phi) is 6.57. The summed E-state index contributed by atoms with van der Waals surface area (Å²) in [7, 11) is 1.69. The fraction of sp³-hybridized carbons (Fsp3) is 0.435. The molecule has 1 amide bonds. The minimum atomic E-state index is 0.0611. The summed E-state index contributed by atoms with van der Waals surface area (Å²) >= 11 is 0. The molecule has 2 aromatic carbocycles. The molecule has 5 heteroatoms. The number of ether oxygens (including phenoxy) is 1. The molecule has 1 fully saturated rings. The summed E-state index contributed by atoms with van der Waals surface area (Å²) in [6.07, 6.45) is 0. The molecule has 1 aliphatic rings. The standard InChI is InChI=1S/C23H31N3O2/c1-17(2)21-10-5-7-18(3)23(21)24-22(27)16-25-11-13-26(14-12-25)19-8-6-9-20(15-19)28-4/h5-10,15,17H,11-14,16H2,1-4H3,(H,24,27). The van der Waals surface area contributed by atoms with Gasteiger partial charge in [0.05, 0.1) is 13.7 Å². The Morgan fingerprint density at radius 3 is 2.50 bits per heavy atom. The van der Waals surface area contributed by atoms with Crippen molar-refractivity contribution in [2.75, 3.05) is 50.1 Å². The van der Waals surface area contributed by atoms with Gasteiger partial charge in [0.25, 0.3) is 0 Å². The van der Waals surface area contributed by atoms with E-state index in [4.69, 9.17) is 4.74 Å². The molecule has 0 aromatic heterocycles. The Morgan fingerprint density at radius 1 is 1.11 bits per heavy atom. The minimum absolute atomic E-state index is 0.0611. The average molecular weight is 382 g/mol. The van der Waals surface area contributed by atoms with Gasteiger partial charge in [-0.25, -0.2) is 0 Å². The third kappa shape index (κ3) is 4.84. The van der Waals surface area contributed by atoms with Crippen molar-refractivity contribution in [2.24, 2.45) is 0 Å². The fourth-order valence-corrected chi connectivity index (χ4v) is 3.70. The van der Waals surface area contributed by atoms with Crippen molar-refractivity contribution in [3.63, 3.8) is 0 Å². The van der Waals surface area contributed by atoms with Crippen molar-refractivity contribution in [3.05, 3.63) is 53.6 Å². The Labute approximate surface area is 168 Å². The quantitative estimate of drug-likeness (QED) is 0.825. The highest BCUT2D eigenvalue weighted by Gasteiger charge is 2.20. The smallest absolute Gasteiger partial charge is 0.238 e. The molecule has 1 saturated heterocycles. The number of rotatable bonds is 6. The van der Waals surface area contributed by atoms with E-state index in [1.165, 1.54) is 11.3 Å². The molecule has 28 heavy (non-hydrogen) atoms. The number of anilines is 2. The highest BCUT2D eigenvalue weighted by molar-refractivity contribution is 5.94. The number of carbonyl (C=O) groups excluding carboxylic acids is 1. The zero-order valence-corrected chi connectivity index (χ0v) is 17.4. The molecule has 0 bridgehead atoms. The Morgan fingerprint density at radius 2 is 1.82 bits per heavy atom. The van der Waals surface area contributed by atoms with Gasteiger partial charge in [0.15, 0.2) is 0 Å². The van der Waals surface area contributed by atoms with E-state index in [1.54, 1.807) is 7.11 Å². The third-order valence-electron chi connectivity index (χ3n) is 5.35. The van der Waals surface area contributed by atoms with E-state index < -0.39 is 0 Å². The molecule has 0 unspecified atom stereocenters. The van der Waals surface area contributed by atoms with Gasteiger partial charge in [0.1, 0.15) is 5.75 Å². The van der Waals surface area contributed by atoms with Crippen LogP contribution >= 0.6 is 0 Å². The van der Waals surface area contributed by atoms with E-state index in [0.717, 1.165) is 43.2 Å². The van der Waals surface area contributed by atoms with Crippen molar-refractivity contribution in [3.8, 4) is 5.75 Å². The maximum atomic E-state index is 12.7. The Balaban J connectivity index is 1.56. The lowest BCUT2D eigenvalue weighted by Gasteiger charge is -2.35. The number of hydrogen-bond acceptors (Lipinski definition) is 4. The molecular formula is C23H31N3O2. The van der Waals surface area contributed by atoms with Crippen molar-refractivity contribution < 1.29 is 9.53 Å². The van der Waals surface area contributed by atoms with Gasteiger partial charge >= 0.3 is 0 Å².